The van der Waals surface area contributed by atoms with Crippen LogP contribution in [-0.2, 0) is 0 Å². The molecule has 29 heavy (non-hydrogen) atoms. The number of hydrogen-bond acceptors (Lipinski definition) is 5. The van der Waals surface area contributed by atoms with Crippen LogP contribution in [-0.4, -0.2) is 122 Å². The minimum atomic E-state index is 0. The summed E-state index contributed by atoms with van der Waals surface area (Å²) < 4.78 is 0. The van der Waals surface area contributed by atoms with Crippen LogP contribution in [0.2, 0.25) is 0 Å². The summed E-state index contributed by atoms with van der Waals surface area (Å²) in [4.78, 5) is 12.3. The second kappa shape index (κ2) is 14.7. The predicted octanol–water partition coefficient (Wildman–Crippen LogP) is 3.27. The van der Waals surface area contributed by atoms with Crippen LogP contribution < -0.4 is 0 Å². The van der Waals surface area contributed by atoms with Crippen molar-refractivity contribution >= 4 is 0 Å². The van der Waals surface area contributed by atoms with Gasteiger partial charge in [0, 0.05) is 83.6 Å². The second-order valence-electron chi connectivity index (χ2n) is 10.0. The van der Waals surface area contributed by atoms with Gasteiger partial charge >= 0.3 is 0 Å². The molecule has 0 aromatic rings. The van der Waals surface area contributed by atoms with Crippen LogP contribution in [0.25, 0.3) is 0 Å². The zero-order chi connectivity index (χ0) is 21.3. The van der Waals surface area contributed by atoms with Crippen LogP contribution >= 0.6 is 0 Å². The fourth-order valence-corrected chi connectivity index (χ4v) is 3.85. The zero-order valence-corrected chi connectivity index (χ0v) is 20.6. The molecular weight excluding hydrogens is 358 g/mol. The largest absolute Gasteiger partial charge is 0.304 e. The highest BCUT2D eigenvalue weighted by Gasteiger charge is 2.23. The van der Waals surface area contributed by atoms with Gasteiger partial charge in [-0.25, -0.2) is 0 Å². The Kier molecular flexibility index (Phi) is 14.6. The quantitative estimate of drug-likeness (QED) is 0.704. The van der Waals surface area contributed by atoms with Crippen molar-refractivity contribution in [2.45, 2.75) is 74.0 Å². The molecule has 3 aliphatic heterocycles. The van der Waals surface area contributed by atoms with E-state index in [1.54, 1.807) is 0 Å². The Balaban J connectivity index is 0.000000401. The fraction of sp³-hybridized carbons (Fsp3) is 1.00. The Hall–Kier alpha value is -0.200. The predicted molar refractivity (Wildman–Crippen MR) is 131 cm³/mol. The van der Waals surface area contributed by atoms with Gasteiger partial charge in [0.2, 0.25) is 0 Å². The van der Waals surface area contributed by atoms with Crippen LogP contribution in [0.3, 0.4) is 0 Å². The first-order valence-electron chi connectivity index (χ1n) is 11.7. The lowest BCUT2D eigenvalue weighted by atomic mass is 10.0. The summed E-state index contributed by atoms with van der Waals surface area (Å²) in [5, 5.41) is 0. The van der Waals surface area contributed by atoms with Crippen LogP contribution in [0, 0.1) is 5.92 Å². The summed E-state index contributed by atoms with van der Waals surface area (Å²) in [6, 6.07) is 2.23. The molecule has 3 fully saturated rings. The number of hydrogen-bond donors (Lipinski definition) is 0. The second-order valence-corrected chi connectivity index (χ2v) is 10.0. The van der Waals surface area contributed by atoms with Gasteiger partial charge in [0.1, 0.15) is 0 Å². The Bertz CT molecular complexity index is 351. The topological polar surface area (TPSA) is 16.2 Å². The number of likely N-dealkylation sites (N-methyl/N-ethyl adjacent to an activating group) is 2. The Morgan fingerprint density at radius 1 is 0.517 bits per heavy atom. The Labute approximate surface area is 184 Å². The lowest BCUT2D eigenvalue weighted by molar-refractivity contribution is 0.0787. The summed E-state index contributed by atoms with van der Waals surface area (Å²) in [7, 11) is 4.38. The van der Waals surface area contributed by atoms with Crippen molar-refractivity contribution in [1.82, 2.24) is 24.5 Å². The highest BCUT2D eigenvalue weighted by molar-refractivity contribution is 4.78. The maximum Gasteiger partial charge on any atom is 0.0112 e. The number of rotatable bonds is 3. The average Bonchev–Trinajstić information content (AvgIpc) is 2.61. The van der Waals surface area contributed by atoms with Crippen molar-refractivity contribution < 1.29 is 0 Å². The van der Waals surface area contributed by atoms with E-state index in [-0.39, 0.29) is 7.43 Å². The first kappa shape index (κ1) is 28.8. The van der Waals surface area contributed by atoms with E-state index in [1.807, 2.05) is 0 Å². The van der Waals surface area contributed by atoms with E-state index in [0.717, 1.165) is 24.0 Å². The van der Waals surface area contributed by atoms with Gasteiger partial charge < -0.3 is 14.7 Å². The Morgan fingerprint density at radius 3 is 0.966 bits per heavy atom. The van der Waals surface area contributed by atoms with Crippen molar-refractivity contribution in [3.05, 3.63) is 0 Å². The molecule has 3 aliphatic rings. The maximum atomic E-state index is 2.53. The molecule has 0 unspecified atom stereocenters. The first-order chi connectivity index (χ1) is 13.1. The highest BCUT2D eigenvalue weighted by atomic mass is 15.3. The molecule has 0 radical (unpaired) electrons. The van der Waals surface area contributed by atoms with Gasteiger partial charge in [-0.15, -0.1) is 0 Å². The van der Waals surface area contributed by atoms with Gasteiger partial charge in [-0.2, -0.15) is 0 Å². The summed E-state index contributed by atoms with van der Waals surface area (Å²) in [6.07, 6.45) is 0. The molecule has 3 saturated heterocycles. The molecule has 5 nitrogen and oxygen atoms in total. The standard InChI is InChI=1S/2C8H18N2.C7H15N.CH4/c2*1-8(2)10-6-4-9(3)5-7-10;1-6(2)8-4-7(3)5-8;/h2*8H,4-7H2,1-3H3;6-7H,4-5H2,1-3H3;1H4. The van der Waals surface area contributed by atoms with E-state index in [0.29, 0.717) is 0 Å². The highest BCUT2D eigenvalue weighted by Crippen LogP contribution is 2.16. The van der Waals surface area contributed by atoms with Crippen molar-refractivity contribution in [3.8, 4) is 0 Å². The van der Waals surface area contributed by atoms with Gasteiger partial charge in [0.05, 0.1) is 0 Å². The molecule has 0 spiro atoms. The van der Waals surface area contributed by atoms with Gasteiger partial charge in [-0.1, -0.05) is 14.4 Å². The minimum Gasteiger partial charge on any atom is -0.304 e. The SMILES string of the molecule is C.CC(C)N1CCN(C)CC1.CC(C)N1CCN(C)CC1.CC1CN(C(C)C)C1. The van der Waals surface area contributed by atoms with Crippen molar-refractivity contribution in [2.24, 2.45) is 5.92 Å². The summed E-state index contributed by atoms with van der Waals surface area (Å²) in [6.45, 7) is 28.4. The smallest absolute Gasteiger partial charge is 0.0112 e. The van der Waals surface area contributed by atoms with E-state index >= 15 is 0 Å². The van der Waals surface area contributed by atoms with E-state index in [1.165, 1.54) is 65.4 Å². The van der Waals surface area contributed by atoms with E-state index < -0.39 is 0 Å². The third-order valence-corrected chi connectivity index (χ3v) is 6.36. The average molecular weight is 414 g/mol. The minimum absolute atomic E-state index is 0. The molecule has 3 heterocycles. The van der Waals surface area contributed by atoms with E-state index in [2.05, 4.69) is 87.1 Å². The summed E-state index contributed by atoms with van der Waals surface area (Å²) in [5.74, 6) is 0.956. The molecule has 0 atom stereocenters. The first-order valence-corrected chi connectivity index (χ1v) is 11.7. The van der Waals surface area contributed by atoms with Crippen LogP contribution in [0.4, 0.5) is 0 Å². The number of piperazine rings is 2. The molecule has 0 bridgehead atoms. The zero-order valence-electron chi connectivity index (χ0n) is 20.6. The maximum absolute atomic E-state index is 2.53. The van der Waals surface area contributed by atoms with Crippen molar-refractivity contribution in [3.63, 3.8) is 0 Å². The molecule has 0 aliphatic carbocycles. The van der Waals surface area contributed by atoms with Gasteiger partial charge in [-0.05, 0) is 61.6 Å². The molecule has 0 amide bonds. The summed E-state index contributed by atoms with van der Waals surface area (Å²) >= 11 is 0. The number of likely N-dealkylation sites (tertiary alicyclic amines) is 1. The van der Waals surface area contributed by atoms with Crippen LogP contribution in [0.15, 0.2) is 0 Å². The van der Waals surface area contributed by atoms with Crippen LogP contribution in [0.5, 0.6) is 0 Å². The molecule has 0 N–H and O–H groups in total. The normalized spacial score (nSPS) is 23.2. The number of nitrogens with zero attached hydrogens (tertiary/aromatic N) is 5. The fourth-order valence-electron chi connectivity index (χ4n) is 3.85. The molecule has 3 rings (SSSR count). The van der Waals surface area contributed by atoms with Crippen molar-refractivity contribution in [2.75, 3.05) is 79.5 Å². The van der Waals surface area contributed by atoms with Gasteiger partial charge in [0.15, 0.2) is 0 Å². The van der Waals surface area contributed by atoms with Crippen molar-refractivity contribution in [1.29, 1.82) is 0 Å². The third kappa shape index (κ3) is 11.7. The lowest BCUT2D eigenvalue weighted by Gasteiger charge is -2.40. The monoisotopic (exact) mass is 413 g/mol. The molecule has 176 valence electrons. The molecule has 5 heteroatoms. The summed E-state index contributed by atoms with van der Waals surface area (Å²) in [5.41, 5.74) is 0. The molecule has 0 aromatic heterocycles. The van der Waals surface area contributed by atoms with E-state index in [9.17, 15) is 0 Å². The van der Waals surface area contributed by atoms with Crippen LogP contribution in [0.1, 0.15) is 55.9 Å². The molecular formula is C24H55N5. The van der Waals surface area contributed by atoms with Gasteiger partial charge in [0.25, 0.3) is 0 Å². The lowest BCUT2D eigenvalue weighted by Crippen LogP contribution is -2.48. The Morgan fingerprint density at radius 2 is 0.793 bits per heavy atom. The molecule has 0 aromatic carbocycles. The third-order valence-electron chi connectivity index (χ3n) is 6.36. The molecule has 0 saturated carbocycles. The van der Waals surface area contributed by atoms with Gasteiger partial charge in [-0.3, -0.25) is 9.80 Å². The van der Waals surface area contributed by atoms with E-state index in [4.69, 9.17) is 0 Å².